The fourth-order valence-electron chi connectivity index (χ4n) is 4.30. The van der Waals surface area contributed by atoms with Crippen molar-refractivity contribution in [3.8, 4) is 0 Å². The molecule has 2 aromatic carbocycles. The van der Waals surface area contributed by atoms with Crippen LogP contribution in [0.25, 0.3) is 16.6 Å². The molecule has 0 atom stereocenters. The Bertz CT molecular complexity index is 1270. The lowest BCUT2D eigenvalue weighted by Crippen LogP contribution is -2.39. The summed E-state index contributed by atoms with van der Waals surface area (Å²) in [4.78, 5) is 23.1. The van der Waals surface area contributed by atoms with E-state index in [4.69, 9.17) is 15.5 Å². The number of piperidine rings is 1. The number of para-hydroxylation sites is 1. The van der Waals surface area contributed by atoms with E-state index in [1.807, 2.05) is 36.5 Å². The normalized spacial score (nSPS) is 14.8. The van der Waals surface area contributed by atoms with Crippen LogP contribution in [-0.4, -0.2) is 38.5 Å². The number of amides is 1. The van der Waals surface area contributed by atoms with Crippen molar-refractivity contribution in [2.75, 3.05) is 18.8 Å². The van der Waals surface area contributed by atoms with Gasteiger partial charge in [0, 0.05) is 24.7 Å². The van der Waals surface area contributed by atoms with Crippen LogP contribution in [0.3, 0.4) is 0 Å². The van der Waals surface area contributed by atoms with Gasteiger partial charge in [-0.3, -0.25) is 4.40 Å². The largest absolute Gasteiger partial charge is 0.445 e. The van der Waals surface area contributed by atoms with Gasteiger partial charge in [-0.2, -0.15) is 0 Å². The van der Waals surface area contributed by atoms with Gasteiger partial charge in [0.2, 0.25) is 5.95 Å². The van der Waals surface area contributed by atoms with Gasteiger partial charge >= 0.3 is 6.09 Å². The van der Waals surface area contributed by atoms with E-state index in [1.54, 1.807) is 21.4 Å². The molecule has 7 nitrogen and oxygen atoms in total. The number of carbonyl (C=O) groups excluding carboxylic acids is 1. The number of halogens is 1. The van der Waals surface area contributed by atoms with Crippen molar-refractivity contribution >= 4 is 28.6 Å². The summed E-state index contributed by atoms with van der Waals surface area (Å²) in [5.74, 6) is 0.204. The molecule has 1 amide bonds. The van der Waals surface area contributed by atoms with E-state index >= 15 is 0 Å². The summed E-state index contributed by atoms with van der Waals surface area (Å²) in [6.45, 7) is 1.60. The molecule has 0 bridgehead atoms. The van der Waals surface area contributed by atoms with Crippen molar-refractivity contribution in [2.45, 2.75) is 25.9 Å². The summed E-state index contributed by atoms with van der Waals surface area (Å²) in [5.41, 5.74) is 8.76. The fraction of sp³-hybridized carbons (Fsp3) is 0.292. The van der Waals surface area contributed by atoms with Crippen LogP contribution in [0.2, 0.25) is 0 Å². The minimum absolute atomic E-state index is 0.215. The third kappa shape index (κ3) is 3.95. The lowest BCUT2D eigenvalue weighted by atomic mass is 9.92. The van der Waals surface area contributed by atoms with Gasteiger partial charge in [-0.15, -0.1) is 0 Å². The van der Waals surface area contributed by atoms with Crippen LogP contribution in [0.5, 0.6) is 0 Å². The number of hydrogen-bond donors (Lipinski definition) is 1. The third-order valence-corrected chi connectivity index (χ3v) is 6.03. The SMILES string of the molecule is Nc1nc2c(F)cccc2c2nc(CC3CCN(C(=O)OCc4ccccc4)CC3)cn12. The van der Waals surface area contributed by atoms with E-state index in [9.17, 15) is 9.18 Å². The highest BCUT2D eigenvalue weighted by Crippen LogP contribution is 2.26. The molecule has 1 saturated heterocycles. The summed E-state index contributed by atoms with van der Waals surface area (Å²) < 4.78 is 21.3. The van der Waals surface area contributed by atoms with Crippen LogP contribution < -0.4 is 5.73 Å². The van der Waals surface area contributed by atoms with Crippen molar-refractivity contribution in [1.29, 1.82) is 0 Å². The number of ether oxygens (including phenoxy) is 1. The molecular formula is C24H24FN5O2. The first-order chi connectivity index (χ1) is 15.6. The molecule has 1 fully saturated rings. The highest BCUT2D eigenvalue weighted by molar-refractivity contribution is 5.92. The summed E-state index contributed by atoms with van der Waals surface area (Å²) >= 11 is 0. The monoisotopic (exact) mass is 433 g/mol. The Labute approximate surface area is 184 Å². The highest BCUT2D eigenvalue weighted by atomic mass is 19.1. The predicted molar refractivity (Wildman–Crippen MR) is 119 cm³/mol. The van der Waals surface area contributed by atoms with Crippen LogP contribution in [0.15, 0.2) is 54.7 Å². The number of benzene rings is 2. The number of imidazole rings is 1. The van der Waals surface area contributed by atoms with Crippen LogP contribution >= 0.6 is 0 Å². The van der Waals surface area contributed by atoms with Gasteiger partial charge in [0.1, 0.15) is 23.6 Å². The quantitative estimate of drug-likeness (QED) is 0.521. The predicted octanol–water partition coefficient (Wildman–Crippen LogP) is 4.20. The van der Waals surface area contributed by atoms with E-state index in [0.29, 0.717) is 30.0 Å². The molecular weight excluding hydrogens is 409 g/mol. The average Bonchev–Trinajstić information content (AvgIpc) is 3.24. The minimum Gasteiger partial charge on any atom is -0.445 e. The topological polar surface area (TPSA) is 85.8 Å². The number of likely N-dealkylation sites (tertiary alicyclic amines) is 1. The molecule has 1 aliphatic heterocycles. The van der Waals surface area contributed by atoms with Crippen molar-refractivity contribution < 1.29 is 13.9 Å². The van der Waals surface area contributed by atoms with Gasteiger partial charge in [0.05, 0.1) is 5.69 Å². The maximum atomic E-state index is 14.1. The number of carbonyl (C=O) groups is 1. The Hall–Kier alpha value is -3.68. The Balaban J connectivity index is 1.22. The number of nitrogen functional groups attached to an aromatic ring is 1. The molecule has 32 heavy (non-hydrogen) atoms. The first kappa shape index (κ1) is 20.2. The Morgan fingerprint density at radius 2 is 1.88 bits per heavy atom. The van der Waals surface area contributed by atoms with E-state index < -0.39 is 5.82 Å². The first-order valence-electron chi connectivity index (χ1n) is 10.8. The summed E-state index contributed by atoms with van der Waals surface area (Å²) in [6, 6.07) is 14.5. The van der Waals surface area contributed by atoms with Crippen LogP contribution in [0.1, 0.15) is 24.1 Å². The number of nitrogens with two attached hydrogens (primary N) is 1. The van der Waals surface area contributed by atoms with Crippen LogP contribution in [0, 0.1) is 11.7 Å². The number of fused-ring (bicyclic) bond motifs is 3. The van der Waals surface area contributed by atoms with Gasteiger partial charge in [-0.05, 0) is 42.9 Å². The molecule has 164 valence electrons. The molecule has 0 aliphatic carbocycles. The zero-order valence-corrected chi connectivity index (χ0v) is 17.6. The standard InChI is InChI=1S/C24H24FN5O2/c25-20-8-4-7-19-21(20)28-23(26)30-14-18(27-22(19)30)13-16-9-11-29(12-10-16)24(31)32-15-17-5-2-1-3-6-17/h1-8,14,16H,9-13,15H2,(H2,26,28). The van der Waals surface area contributed by atoms with E-state index in [-0.39, 0.29) is 24.2 Å². The van der Waals surface area contributed by atoms with Gasteiger partial charge in [0.25, 0.3) is 0 Å². The molecule has 0 radical (unpaired) electrons. The number of rotatable bonds is 4. The second-order valence-electron chi connectivity index (χ2n) is 8.21. The molecule has 1 aliphatic rings. The molecule has 2 aromatic heterocycles. The van der Waals surface area contributed by atoms with Crippen molar-refractivity contribution in [3.63, 3.8) is 0 Å². The molecule has 4 aromatic rings. The number of aromatic nitrogens is 3. The van der Waals surface area contributed by atoms with Gasteiger partial charge in [-0.25, -0.2) is 19.2 Å². The molecule has 0 spiro atoms. The van der Waals surface area contributed by atoms with Crippen molar-refractivity contribution in [2.24, 2.45) is 5.92 Å². The van der Waals surface area contributed by atoms with Gasteiger partial charge in [0.15, 0.2) is 0 Å². The lowest BCUT2D eigenvalue weighted by Gasteiger charge is -2.31. The first-order valence-corrected chi connectivity index (χ1v) is 10.8. The second-order valence-corrected chi connectivity index (χ2v) is 8.21. The van der Waals surface area contributed by atoms with Crippen molar-refractivity contribution in [3.05, 3.63) is 71.8 Å². The molecule has 8 heteroatoms. The maximum absolute atomic E-state index is 14.1. The van der Waals surface area contributed by atoms with Gasteiger partial charge in [-0.1, -0.05) is 36.4 Å². The Kier molecular flexibility index (Phi) is 5.34. The van der Waals surface area contributed by atoms with E-state index in [2.05, 4.69) is 4.98 Å². The molecule has 2 N–H and O–H groups in total. The summed E-state index contributed by atoms with van der Waals surface area (Å²) in [6.07, 6.45) is 4.12. The van der Waals surface area contributed by atoms with Crippen molar-refractivity contribution in [1.82, 2.24) is 19.3 Å². The zero-order chi connectivity index (χ0) is 22.1. The number of nitrogens with zero attached hydrogens (tertiary/aromatic N) is 4. The summed E-state index contributed by atoms with van der Waals surface area (Å²) in [7, 11) is 0. The van der Waals surface area contributed by atoms with Gasteiger partial charge < -0.3 is 15.4 Å². The maximum Gasteiger partial charge on any atom is 0.410 e. The third-order valence-electron chi connectivity index (χ3n) is 6.03. The van der Waals surface area contributed by atoms with E-state index in [0.717, 1.165) is 30.5 Å². The molecule has 0 saturated carbocycles. The molecule has 5 rings (SSSR count). The summed E-state index contributed by atoms with van der Waals surface area (Å²) in [5, 5.41) is 0.640. The lowest BCUT2D eigenvalue weighted by molar-refractivity contribution is 0.0822. The smallest absolute Gasteiger partial charge is 0.410 e. The Morgan fingerprint density at radius 3 is 2.66 bits per heavy atom. The second kappa shape index (κ2) is 8.45. The zero-order valence-electron chi connectivity index (χ0n) is 17.6. The Morgan fingerprint density at radius 1 is 1.09 bits per heavy atom. The highest BCUT2D eigenvalue weighted by Gasteiger charge is 2.25. The number of anilines is 1. The van der Waals surface area contributed by atoms with Crippen LogP contribution in [0.4, 0.5) is 15.1 Å². The number of hydrogen-bond acceptors (Lipinski definition) is 5. The average molecular weight is 433 g/mol. The van der Waals surface area contributed by atoms with E-state index in [1.165, 1.54) is 6.07 Å². The van der Waals surface area contributed by atoms with Crippen LogP contribution in [-0.2, 0) is 17.8 Å². The molecule has 3 heterocycles. The minimum atomic E-state index is -0.409. The molecule has 0 unspecified atom stereocenters. The fourth-order valence-corrected chi connectivity index (χ4v) is 4.30.